The first kappa shape index (κ1) is 15.1. The Balaban J connectivity index is 2.31. The lowest BCUT2D eigenvalue weighted by atomic mass is 10.2. The molecule has 7 nitrogen and oxygen atoms in total. The molecule has 0 unspecified atom stereocenters. The third kappa shape index (κ3) is 2.92. The molecule has 0 bridgehead atoms. The van der Waals surface area contributed by atoms with Gasteiger partial charge in [-0.2, -0.15) is 0 Å². The number of halogens is 1. The van der Waals surface area contributed by atoms with Gasteiger partial charge in [-0.25, -0.2) is 0 Å². The van der Waals surface area contributed by atoms with Gasteiger partial charge in [0, 0.05) is 31.1 Å². The number of imidazole rings is 1. The summed E-state index contributed by atoms with van der Waals surface area (Å²) in [4.78, 5) is 14.4. The van der Waals surface area contributed by atoms with E-state index in [1.807, 2.05) is 0 Å². The summed E-state index contributed by atoms with van der Waals surface area (Å²) in [6.07, 6.45) is 0. The van der Waals surface area contributed by atoms with Gasteiger partial charge in [-0.1, -0.05) is 17.7 Å². The Bertz CT molecular complexity index is 684. The molecule has 112 valence electrons. The summed E-state index contributed by atoms with van der Waals surface area (Å²) in [6.45, 7) is 2.00. The van der Waals surface area contributed by atoms with Crippen molar-refractivity contribution < 1.29 is 9.66 Å². The molecule has 1 heterocycles. The molecule has 0 aliphatic rings. The van der Waals surface area contributed by atoms with E-state index in [9.17, 15) is 10.1 Å². The van der Waals surface area contributed by atoms with E-state index in [-0.39, 0.29) is 5.82 Å². The molecule has 1 aromatic carbocycles. The molecule has 0 saturated heterocycles. The molecule has 0 spiro atoms. The standard InChI is InChI=1S/C13H15ClN4O3/c1-8-16-13(18(19)20)12(17(8)2)15-7-9-10(14)5-4-6-11(9)21-3/h4-6,15H,7H2,1-3H3. The van der Waals surface area contributed by atoms with Gasteiger partial charge >= 0.3 is 5.82 Å². The fourth-order valence-corrected chi connectivity index (χ4v) is 2.22. The second kappa shape index (κ2) is 6.01. The minimum Gasteiger partial charge on any atom is -0.496 e. The van der Waals surface area contributed by atoms with E-state index in [4.69, 9.17) is 16.3 Å². The second-order valence-electron chi connectivity index (χ2n) is 4.42. The summed E-state index contributed by atoms with van der Waals surface area (Å²) in [6, 6.07) is 5.30. The van der Waals surface area contributed by atoms with E-state index in [0.29, 0.717) is 29.0 Å². The highest BCUT2D eigenvalue weighted by molar-refractivity contribution is 6.31. The van der Waals surface area contributed by atoms with Crippen molar-refractivity contribution in [2.75, 3.05) is 12.4 Å². The summed E-state index contributed by atoms with van der Waals surface area (Å²) in [7, 11) is 3.26. The Hall–Kier alpha value is -2.28. The molecule has 0 fully saturated rings. The van der Waals surface area contributed by atoms with E-state index < -0.39 is 4.92 Å². The molecule has 0 amide bonds. The van der Waals surface area contributed by atoms with Gasteiger partial charge in [0.25, 0.3) is 0 Å². The average Bonchev–Trinajstić information content (AvgIpc) is 2.73. The number of aryl methyl sites for hydroxylation is 1. The Morgan fingerprint density at radius 2 is 2.24 bits per heavy atom. The number of hydrogen-bond donors (Lipinski definition) is 1. The first-order chi connectivity index (χ1) is 9.95. The Labute approximate surface area is 126 Å². The molecular formula is C13H15ClN4O3. The van der Waals surface area contributed by atoms with Crippen molar-refractivity contribution in [1.82, 2.24) is 9.55 Å². The van der Waals surface area contributed by atoms with Crippen LogP contribution in [0.4, 0.5) is 11.6 Å². The van der Waals surface area contributed by atoms with Crippen molar-refractivity contribution >= 4 is 23.2 Å². The second-order valence-corrected chi connectivity index (χ2v) is 4.83. The van der Waals surface area contributed by atoms with Crippen LogP contribution in [0.1, 0.15) is 11.4 Å². The molecule has 2 rings (SSSR count). The lowest BCUT2D eigenvalue weighted by Crippen LogP contribution is -2.08. The van der Waals surface area contributed by atoms with Crippen molar-refractivity contribution in [3.8, 4) is 5.75 Å². The zero-order chi connectivity index (χ0) is 15.6. The molecule has 0 radical (unpaired) electrons. The van der Waals surface area contributed by atoms with Gasteiger partial charge in [-0.15, -0.1) is 0 Å². The smallest absolute Gasteiger partial charge is 0.406 e. The van der Waals surface area contributed by atoms with Crippen LogP contribution < -0.4 is 10.1 Å². The van der Waals surface area contributed by atoms with Crippen molar-refractivity contribution in [3.05, 3.63) is 44.7 Å². The van der Waals surface area contributed by atoms with E-state index in [2.05, 4.69) is 10.3 Å². The number of nitrogens with one attached hydrogen (secondary N) is 1. The van der Waals surface area contributed by atoms with Gasteiger partial charge in [0.1, 0.15) is 5.75 Å². The number of anilines is 1. The number of nitrogens with zero attached hydrogens (tertiary/aromatic N) is 3. The molecule has 0 aliphatic heterocycles. The summed E-state index contributed by atoms with van der Waals surface area (Å²) in [5.41, 5.74) is 0.731. The van der Waals surface area contributed by atoms with Crippen LogP contribution in [-0.4, -0.2) is 21.6 Å². The zero-order valence-corrected chi connectivity index (χ0v) is 12.6. The molecular weight excluding hydrogens is 296 g/mol. The highest BCUT2D eigenvalue weighted by Gasteiger charge is 2.23. The van der Waals surface area contributed by atoms with Gasteiger partial charge in [-0.3, -0.25) is 4.57 Å². The van der Waals surface area contributed by atoms with E-state index in [1.165, 1.54) is 0 Å². The van der Waals surface area contributed by atoms with E-state index >= 15 is 0 Å². The first-order valence-electron chi connectivity index (χ1n) is 6.18. The number of hydrogen-bond acceptors (Lipinski definition) is 5. The summed E-state index contributed by atoms with van der Waals surface area (Å²) < 4.78 is 6.87. The fraction of sp³-hybridized carbons (Fsp3) is 0.308. The fourth-order valence-electron chi connectivity index (χ4n) is 1.99. The van der Waals surface area contributed by atoms with Crippen molar-refractivity contribution in [2.45, 2.75) is 13.5 Å². The molecule has 0 aliphatic carbocycles. The molecule has 8 heteroatoms. The summed E-state index contributed by atoms with van der Waals surface area (Å²) >= 11 is 6.15. The quantitative estimate of drug-likeness (QED) is 0.678. The highest BCUT2D eigenvalue weighted by atomic mass is 35.5. The van der Waals surface area contributed by atoms with Crippen LogP contribution in [0.25, 0.3) is 0 Å². The average molecular weight is 311 g/mol. The zero-order valence-electron chi connectivity index (χ0n) is 11.9. The van der Waals surface area contributed by atoms with Crippen molar-refractivity contribution in [1.29, 1.82) is 0 Å². The van der Waals surface area contributed by atoms with Crippen LogP contribution in [0.2, 0.25) is 5.02 Å². The van der Waals surface area contributed by atoms with Crippen molar-refractivity contribution in [3.63, 3.8) is 0 Å². The molecule has 1 aromatic heterocycles. The largest absolute Gasteiger partial charge is 0.496 e. The summed E-state index contributed by atoms with van der Waals surface area (Å²) in [5, 5.41) is 14.6. The van der Waals surface area contributed by atoms with Gasteiger partial charge in [0.2, 0.25) is 11.6 Å². The minimum absolute atomic E-state index is 0.207. The molecule has 21 heavy (non-hydrogen) atoms. The number of ether oxygens (including phenoxy) is 1. The highest BCUT2D eigenvalue weighted by Crippen LogP contribution is 2.29. The third-order valence-corrected chi connectivity index (χ3v) is 3.56. The van der Waals surface area contributed by atoms with E-state index in [1.54, 1.807) is 43.8 Å². The van der Waals surface area contributed by atoms with Crippen LogP contribution in [0.5, 0.6) is 5.75 Å². The monoisotopic (exact) mass is 310 g/mol. The molecule has 1 N–H and O–H groups in total. The number of methoxy groups -OCH3 is 1. The third-order valence-electron chi connectivity index (χ3n) is 3.20. The van der Waals surface area contributed by atoms with Crippen LogP contribution in [0, 0.1) is 17.0 Å². The van der Waals surface area contributed by atoms with Crippen LogP contribution in [-0.2, 0) is 13.6 Å². The first-order valence-corrected chi connectivity index (χ1v) is 6.56. The van der Waals surface area contributed by atoms with Gasteiger partial charge in [0.05, 0.1) is 7.11 Å². The predicted molar refractivity (Wildman–Crippen MR) is 79.9 cm³/mol. The molecule has 0 saturated carbocycles. The Morgan fingerprint density at radius 1 is 1.52 bits per heavy atom. The number of benzene rings is 1. The van der Waals surface area contributed by atoms with Gasteiger partial charge < -0.3 is 20.2 Å². The minimum atomic E-state index is -0.515. The Morgan fingerprint density at radius 3 is 2.86 bits per heavy atom. The summed E-state index contributed by atoms with van der Waals surface area (Å²) in [5.74, 6) is 1.30. The maximum Gasteiger partial charge on any atom is 0.406 e. The SMILES string of the molecule is COc1cccc(Cl)c1CNc1c([N+](=O)[O-])nc(C)n1C. The maximum atomic E-state index is 11.0. The lowest BCUT2D eigenvalue weighted by Gasteiger charge is -2.12. The van der Waals surface area contributed by atoms with Gasteiger partial charge in [0.15, 0.2) is 0 Å². The number of aromatic nitrogens is 2. The Kier molecular flexibility index (Phi) is 4.32. The number of rotatable bonds is 5. The lowest BCUT2D eigenvalue weighted by molar-refractivity contribution is -0.388. The van der Waals surface area contributed by atoms with Gasteiger partial charge in [-0.05, 0) is 22.0 Å². The van der Waals surface area contributed by atoms with Crippen LogP contribution in [0.15, 0.2) is 18.2 Å². The van der Waals surface area contributed by atoms with E-state index in [0.717, 1.165) is 5.56 Å². The van der Waals surface area contributed by atoms with Crippen LogP contribution >= 0.6 is 11.6 Å². The maximum absolute atomic E-state index is 11.0. The number of nitro groups is 1. The van der Waals surface area contributed by atoms with Crippen LogP contribution in [0.3, 0.4) is 0 Å². The normalized spacial score (nSPS) is 10.5. The topological polar surface area (TPSA) is 82.2 Å². The van der Waals surface area contributed by atoms with Crippen molar-refractivity contribution in [2.24, 2.45) is 7.05 Å². The molecule has 2 aromatic rings. The predicted octanol–water partition coefficient (Wildman–Crippen LogP) is 2.91. The molecule has 0 atom stereocenters.